The number of rotatable bonds is 4. The van der Waals surface area contributed by atoms with Crippen molar-refractivity contribution in [2.45, 2.75) is 0 Å². The largest absolute Gasteiger partial charge is 0.452 e. The second-order valence-corrected chi connectivity index (χ2v) is 5.72. The molecule has 1 heterocycles. The number of ether oxygens (including phenoxy) is 1. The molecule has 0 saturated carbocycles. The predicted octanol–water partition coefficient (Wildman–Crippen LogP) is 3.19. The summed E-state index contributed by atoms with van der Waals surface area (Å²) in [6, 6.07) is 12.0. The smallest absolute Gasteiger partial charge is 0.338 e. The number of nitrogens with one attached hydrogen (secondary N) is 1. The summed E-state index contributed by atoms with van der Waals surface area (Å²) in [5.74, 6) is -1.01. The Hall–Kier alpha value is -2.80. The van der Waals surface area contributed by atoms with E-state index in [0.717, 1.165) is 4.47 Å². The number of halogens is 1. The van der Waals surface area contributed by atoms with Gasteiger partial charge in [0.1, 0.15) is 0 Å². The van der Waals surface area contributed by atoms with Crippen LogP contribution < -0.4 is 5.32 Å². The van der Waals surface area contributed by atoms with Gasteiger partial charge in [0.05, 0.1) is 22.3 Å². The van der Waals surface area contributed by atoms with Crippen LogP contribution in [0.1, 0.15) is 10.4 Å². The molecule has 0 unspecified atom stereocenters. The van der Waals surface area contributed by atoms with Crippen LogP contribution >= 0.6 is 15.9 Å². The Morgan fingerprint density at radius 1 is 1.04 bits per heavy atom. The first-order valence-electron chi connectivity index (χ1n) is 7.06. The normalized spacial score (nSPS) is 10.4. The molecule has 0 aliphatic rings. The summed E-state index contributed by atoms with van der Waals surface area (Å²) in [5, 5.41) is 2.66. The fourth-order valence-electron chi connectivity index (χ4n) is 2.05. The summed E-state index contributed by atoms with van der Waals surface area (Å²) in [4.78, 5) is 32.2. The highest BCUT2D eigenvalue weighted by Crippen LogP contribution is 2.21. The maximum atomic E-state index is 12.1. The van der Waals surface area contributed by atoms with Crippen molar-refractivity contribution in [3.8, 4) is 0 Å². The minimum atomic E-state index is -0.593. The molecule has 120 valence electrons. The van der Waals surface area contributed by atoms with Gasteiger partial charge in [-0.1, -0.05) is 12.1 Å². The lowest BCUT2D eigenvalue weighted by Crippen LogP contribution is -2.21. The molecule has 24 heavy (non-hydrogen) atoms. The van der Waals surface area contributed by atoms with Crippen molar-refractivity contribution in [1.29, 1.82) is 0 Å². The van der Waals surface area contributed by atoms with Crippen molar-refractivity contribution in [3.05, 3.63) is 64.9 Å². The molecule has 0 saturated heterocycles. The maximum Gasteiger partial charge on any atom is 0.338 e. The van der Waals surface area contributed by atoms with E-state index in [9.17, 15) is 9.59 Å². The van der Waals surface area contributed by atoms with E-state index in [2.05, 4.69) is 31.2 Å². The molecule has 1 aromatic heterocycles. The number of esters is 1. The number of fused-ring (bicyclic) bond motifs is 1. The minimum absolute atomic E-state index is 0.316. The molecular weight excluding hydrogens is 374 g/mol. The average Bonchev–Trinajstić information content (AvgIpc) is 2.61. The van der Waals surface area contributed by atoms with Crippen LogP contribution in [0.15, 0.2) is 59.3 Å². The van der Waals surface area contributed by atoms with Gasteiger partial charge in [-0.2, -0.15) is 0 Å². The number of amides is 1. The van der Waals surface area contributed by atoms with Gasteiger partial charge in [-0.25, -0.2) is 4.79 Å². The van der Waals surface area contributed by atoms with Crippen LogP contribution in [0.2, 0.25) is 0 Å². The van der Waals surface area contributed by atoms with Crippen molar-refractivity contribution in [2.24, 2.45) is 0 Å². The van der Waals surface area contributed by atoms with Gasteiger partial charge >= 0.3 is 5.97 Å². The van der Waals surface area contributed by atoms with E-state index < -0.39 is 11.9 Å². The fraction of sp³-hybridized carbons (Fsp3) is 0.0588. The van der Waals surface area contributed by atoms with Gasteiger partial charge < -0.3 is 10.1 Å². The highest BCUT2D eigenvalue weighted by Gasteiger charge is 2.12. The molecule has 6 nitrogen and oxygen atoms in total. The molecule has 1 N–H and O–H groups in total. The summed E-state index contributed by atoms with van der Waals surface area (Å²) in [5.41, 5.74) is 2.20. The van der Waals surface area contributed by atoms with E-state index in [4.69, 9.17) is 4.74 Å². The molecule has 3 rings (SSSR count). The summed E-state index contributed by atoms with van der Waals surface area (Å²) in [6.07, 6.45) is 3.12. The number of anilines is 1. The SMILES string of the molecule is O=C(COC(=O)c1ccc2nccnc2c1)Nc1ccccc1Br. The van der Waals surface area contributed by atoms with Crippen molar-refractivity contribution in [3.63, 3.8) is 0 Å². The third-order valence-electron chi connectivity index (χ3n) is 3.19. The van der Waals surface area contributed by atoms with Crippen LogP contribution in [0.5, 0.6) is 0 Å². The van der Waals surface area contributed by atoms with Crippen LogP contribution in [0.4, 0.5) is 5.69 Å². The molecule has 0 atom stereocenters. The Bertz CT molecular complexity index is 914. The standard InChI is InChI=1S/C17H12BrN3O3/c18-12-3-1-2-4-13(12)21-16(22)10-24-17(23)11-5-6-14-15(9-11)20-8-7-19-14/h1-9H,10H2,(H,21,22). The van der Waals surface area contributed by atoms with E-state index in [1.54, 1.807) is 48.8 Å². The zero-order chi connectivity index (χ0) is 16.9. The average molecular weight is 386 g/mol. The Labute approximate surface area is 146 Å². The molecular formula is C17H12BrN3O3. The third kappa shape index (κ3) is 3.75. The highest BCUT2D eigenvalue weighted by molar-refractivity contribution is 9.10. The fourth-order valence-corrected chi connectivity index (χ4v) is 2.44. The van der Waals surface area contributed by atoms with Gasteiger partial charge in [0, 0.05) is 16.9 Å². The Morgan fingerprint density at radius 2 is 1.79 bits per heavy atom. The van der Waals surface area contributed by atoms with E-state index in [1.807, 2.05) is 6.07 Å². The first-order valence-corrected chi connectivity index (χ1v) is 7.85. The van der Waals surface area contributed by atoms with Crippen LogP contribution in [-0.2, 0) is 9.53 Å². The summed E-state index contributed by atoms with van der Waals surface area (Å²) >= 11 is 3.33. The quantitative estimate of drug-likeness (QED) is 0.697. The van der Waals surface area contributed by atoms with Gasteiger partial charge in [0.15, 0.2) is 6.61 Å². The van der Waals surface area contributed by atoms with Gasteiger partial charge in [-0.15, -0.1) is 0 Å². The molecule has 2 aromatic carbocycles. The lowest BCUT2D eigenvalue weighted by atomic mass is 10.2. The zero-order valence-corrected chi connectivity index (χ0v) is 14.0. The van der Waals surface area contributed by atoms with Crippen molar-refractivity contribution in [2.75, 3.05) is 11.9 Å². The number of aromatic nitrogens is 2. The van der Waals surface area contributed by atoms with Gasteiger partial charge in [-0.3, -0.25) is 14.8 Å². The lowest BCUT2D eigenvalue weighted by molar-refractivity contribution is -0.119. The van der Waals surface area contributed by atoms with Crippen LogP contribution in [0.3, 0.4) is 0 Å². The molecule has 3 aromatic rings. The van der Waals surface area contributed by atoms with E-state index in [-0.39, 0.29) is 6.61 Å². The van der Waals surface area contributed by atoms with Gasteiger partial charge in [-0.05, 0) is 46.3 Å². The number of hydrogen-bond donors (Lipinski definition) is 1. The molecule has 1 amide bonds. The van der Waals surface area contributed by atoms with Gasteiger partial charge in [0.25, 0.3) is 5.91 Å². The minimum Gasteiger partial charge on any atom is -0.452 e. The first kappa shape index (κ1) is 16.1. The molecule has 7 heteroatoms. The lowest BCUT2D eigenvalue weighted by Gasteiger charge is -2.08. The number of hydrogen-bond acceptors (Lipinski definition) is 5. The summed E-state index contributed by atoms with van der Waals surface area (Å²) in [7, 11) is 0. The van der Waals surface area contributed by atoms with Crippen LogP contribution in [0, 0.1) is 0 Å². The van der Waals surface area contributed by atoms with E-state index in [1.165, 1.54) is 0 Å². The van der Waals surface area contributed by atoms with Crippen LogP contribution in [-0.4, -0.2) is 28.5 Å². The van der Waals surface area contributed by atoms with Gasteiger partial charge in [0.2, 0.25) is 0 Å². The van der Waals surface area contributed by atoms with E-state index in [0.29, 0.717) is 22.3 Å². The molecule has 0 spiro atoms. The van der Waals surface area contributed by atoms with E-state index >= 15 is 0 Å². The van der Waals surface area contributed by atoms with Crippen molar-refractivity contribution < 1.29 is 14.3 Å². The molecule has 0 radical (unpaired) electrons. The number of carbonyl (C=O) groups excluding carboxylic acids is 2. The first-order chi connectivity index (χ1) is 11.6. The highest BCUT2D eigenvalue weighted by atomic mass is 79.9. The molecule has 0 aliphatic carbocycles. The predicted molar refractivity (Wildman–Crippen MR) is 92.6 cm³/mol. The second kappa shape index (κ2) is 7.18. The summed E-state index contributed by atoms with van der Waals surface area (Å²) in [6.45, 7) is -0.376. The summed E-state index contributed by atoms with van der Waals surface area (Å²) < 4.78 is 5.78. The zero-order valence-electron chi connectivity index (χ0n) is 12.4. The Morgan fingerprint density at radius 3 is 2.58 bits per heavy atom. The van der Waals surface area contributed by atoms with Crippen LogP contribution in [0.25, 0.3) is 11.0 Å². The van der Waals surface area contributed by atoms with Crippen molar-refractivity contribution >= 4 is 44.5 Å². The molecule has 0 fully saturated rings. The number of para-hydroxylation sites is 1. The topological polar surface area (TPSA) is 81.2 Å². The molecule has 0 bridgehead atoms. The Balaban J connectivity index is 1.62. The number of benzene rings is 2. The number of nitrogens with zero attached hydrogens (tertiary/aromatic N) is 2. The number of carbonyl (C=O) groups is 2. The second-order valence-electron chi connectivity index (χ2n) is 4.86. The third-order valence-corrected chi connectivity index (χ3v) is 3.88. The maximum absolute atomic E-state index is 12.1. The van der Waals surface area contributed by atoms with Crippen molar-refractivity contribution in [1.82, 2.24) is 9.97 Å². The monoisotopic (exact) mass is 385 g/mol. The Kier molecular flexibility index (Phi) is 4.81. The molecule has 0 aliphatic heterocycles.